The van der Waals surface area contributed by atoms with E-state index in [9.17, 15) is 13.6 Å². The van der Waals surface area contributed by atoms with E-state index in [1.54, 1.807) is 10.7 Å². The van der Waals surface area contributed by atoms with Crippen molar-refractivity contribution in [2.75, 3.05) is 13.2 Å². The number of carbonyl (C=O) groups excluding carboxylic acids is 1. The number of imidazole rings is 1. The highest BCUT2D eigenvalue weighted by atomic mass is 19.3. The highest BCUT2D eigenvalue weighted by molar-refractivity contribution is 5.80. The topological polar surface area (TPSA) is 81.4 Å². The minimum atomic E-state index is -2.99. The Kier molecular flexibility index (Phi) is 6.15. The Hall–Kier alpha value is -3.88. The standard InChI is InChI=1S/C26H25F2N5O2/c1-26(27,28)20-13-19(14-29-15-20)23-16-31-24-10-9-22(32-33(23)24)17-5-7-21(8-6-17)35-12-2-11-30-25(34)18-3-4-18/h5-10,13-16,18H,2-4,11-12H2,1H3,(H,30,34). The zero-order valence-electron chi connectivity index (χ0n) is 19.2. The van der Waals surface area contributed by atoms with Crippen LogP contribution in [0.4, 0.5) is 8.78 Å². The molecule has 5 rings (SSSR count). The normalized spacial score (nSPS) is 13.7. The van der Waals surface area contributed by atoms with Gasteiger partial charge in [0, 0.05) is 48.5 Å². The molecule has 1 fully saturated rings. The Morgan fingerprint density at radius 1 is 1.11 bits per heavy atom. The lowest BCUT2D eigenvalue weighted by Gasteiger charge is -2.11. The quantitative estimate of drug-likeness (QED) is 0.348. The van der Waals surface area contributed by atoms with Crippen LogP contribution in [0.25, 0.3) is 28.2 Å². The average Bonchev–Trinajstić information content (AvgIpc) is 3.63. The summed E-state index contributed by atoms with van der Waals surface area (Å²) in [6, 6.07) is 12.7. The molecule has 0 spiro atoms. The lowest BCUT2D eigenvalue weighted by Crippen LogP contribution is -2.26. The number of halogens is 2. The summed E-state index contributed by atoms with van der Waals surface area (Å²) in [5, 5.41) is 7.61. The van der Waals surface area contributed by atoms with Gasteiger partial charge >= 0.3 is 0 Å². The van der Waals surface area contributed by atoms with Gasteiger partial charge < -0.3 is 10.1 Å². The summed E-state index contributed by atoms with van der Waals surface area (Å²) in [4.78, 5) is 20.0. The van der Waals surface area contributed by atoms with E-state index in [1.165, 1.54) is 18.5 Å². The summed E-state index contributed by atoms with van der Waals surface area (Å²) in [6.45, 7) is 1.97. The van der Waals surface area contributed by atoms with E-state index >= 15 is 0 Å². The molecule has 0 bridgehead atoms. The smallest absolute Gasteiger partial charge is 0.272 e. The van der Waals surface area contributed by atoms with Crippen molar-refractivity contribution < 1.29 is 18.3 Å². The Labute approximate surface area is 201 Å². The number of nitrogens with zero attached hydrogens (tertiary/aromatic N) is 4. The summed E-state index contributed by atoms with van der Waals surface area (Å²) in [5.41, 5.74) is 3.11. The molecule has 0 aliphatic heterocycles. The van der Waals surface area contributed by atoms with E-state index < -0.39 is 5.92 Å². The summed E-state index contributed by atoms with van der Waals surface area (Å²) in [5.74, 6) is -1.89. The van der Waals surface area contributed by atoms with Crippen molar-refractivity contribution in [1.82, 2.24) is 24.9 Å². The molecule has 1 aromatic carbocycles. The number of benzene rings is 1. The third-order valence-electron chi connectivity index (χ3n) is 5.89. The Morgan fingerprint density at radius 2 is 1.91 bits per heavy atom. The van der Waals surface area contributed by atoms with Gasteiger partial charge in [-0.3, -0.25) is 9.78 Å². The van der Waals surface area contributed by atoms with Crippen LogP contribution in [0.2, 0.25) is 0 Å². The van der Waals surface area contributed by atoms with E-state index in [4.69, 9.17) is 4.74 Å². The highest BCUT2D eigenvalue weighted by Gasteiger charge is 2.29. The van der Waals surface area contributed by atoms with Crippen LogP contribution < -0.4 is 10.1 Å². The first-order valence-electron chi connectivity index (χ1n) is 11.6. The van der Waals surface area contributed by atoms with Gasteiger partial charge in [-0.25, -0.2) is 18.3 Å². The average molecular weight is 478 g/mol. The first-order chi connectivity index (χ1) is 16.9. The van der Waals surface area contributed by atoms with Gasteiger partial charge in [-0.2, -0.15) is 5.10 Å². The molecule has 3 heterocycles. The molecule has 35 heavy (non-hydrogen) atoms. The third kappa shape index (κ3) is 5.29. The molecule has 7 nitrogen and oxygen atoms in total. The molecular formula is C26H25F2N5O2. The lowest BCUT2D eigenvalue weighted by atomic mass is 10.1. The van der Waals surface area contributed by atoms with Crippen molar-refractivity contribution in [2.24, 2.45) is 5.92 Å². The van der Waals surface area contributed by atoms with Gasteiger partial charge in [-0.05, 0) is 61.7 Å². The van der Waals surface area contributed by atoms with Crippen molar-refractivity contribution in [3.8, 4) is 28.3 Å². The second-order valence-corrected chi connectivity index (χ2v) is 8.77. The fraction of sp³-hybridized carbons (Fsp3) is 0.308. The number of nitrogens with one attached hydrogen (secondary N) is 1. The number of hydrogen-bond acceptors (Lipinski definition) is 5. The lowest BCUT2D eigenvalue weighted by molar-refractivity contribution is -0.122. The van der Waals surface area contributed by atoms with Crippen LogP contribution in [0.15, 0.2) is 61.1 Å². The zero-order chi connectivity index (χ0) is 24.4. The number of hydrogen-bond donors (Lipinski definition) is 1. The molecule has 1 aliphatic carbocycles. The van der Waals surface area contributed by atoms with Gasteiger partial charge in [0.05, 0.1) is 24.2 Å². The molecule has 0 radical (unpaired) electrons. The van der Waals surface area contributed by atoms with Crippen LogP contribution in [0.3, 0.4) is 0 Å². The molecule has 4 aromatic rings. The van der Waals surface area contributed by atoms with Gasteiger partial charge in [-0.15, -0.1) is 0 Å². The number of alkyl halides is 2. The second-order valence-electron chi connectivity index (χ2n) is 8.77. The summed E-state index contributed by atoms with van der Waals surface area (Å²) >= 11 is 0. The van der Waals surface area contributed by atoms with Crippen molar-refractivity contribution in [2.45, 2.75) is 32.1 Å². The maximum atomic E-state index is 13.8. The van der Waals surface area contributed by atoms with Crippen molar-refractivity contribution in [3.63, 3.8) is 0 Å². The van der Waals surface area contributed by atoms with Crippen LogP contribution in [0.1, 0.15) is 31.7 Å². The van der Waals surface area contributed by atoms with Gasteiger partial charge in [0.15, 0.2) is 5.65 Å². The maximum Gasteiger partial charge on any atom is 0.272 e. The number of fused-ring (bicyclic) bond motifs is 1. The van der Waals surface area contributed by atoms with E-state index in [0.29, 0.717) is 35.8 Å². The van der Waals surface area contributed by atoms with Crippen LogP contribution >= 0.6 is 0 Å². The minimum absolute atomic E-state index is 0.146. The fourth-order valence-electron chi connectivity index (χ4n) is 3.73. The molecule has 9 heteroatoms. The fourth-order valence-corrected chi connectivity index (χ4v) is 3.73. The van der Waals surface area contributed by atoms with E-state index in [1.807, 2.05) is 36.4 Å². The van der Waals surface area contributed by atoms with Gasteiger partial charge in [0.2, 0.25) is 5.91 Å². The summed E-state index contributed by atoms with van der Waals surface area (Å²) < 4.78 is 35.0. The number of ether oxygens (including phenoxy) is 1. The summed E-state index contributed by atoms with van der Waals surface area (Å²) in [7, 11) is 0. The SMILES string of the molecule is CC(F)(F)c1cncc(-c2cnc3ccc(-c4ccc(OCCCNC(=O)C5CC5)cc4)nn23)c1. The molecule has 0 atom stereocenters. The molecule has 3 aromatic heterocycles. The molecule has 180 valence electrons. The van der Waals surface area contributed by atoms with Crippen molar-refractivity contribution in [3.05, 3.63) is 66.6 Å². The second kappa shape index (κ2) is 9.40. The largest absolute Gasteiger partial charge is 0.494 e. The van der Waals surface area contributed by atoms with Gasteiger partial charge in [-0.1, -0.05) is 0 Å². The minimum Gasteiger partial charge on any atom is -0.494 e. The number of carbonyl (C=O) groups is 1. The number of rotatable bonds is 9. The molecule has 1 aliphatic rings. The van der Waals surface area contributed by atoms with Crippen molar-refractivity contribution >= 4 is 11.6 Å². The molecule has 0 unspecified atom stereocenters. The van der Waals surface area contributed by atoms with E-state index in [-0.39, 0.29) is 17.4 Å². The number of pyridine rings is 1. The van der Waals surface area contributed by atoms with Crippen LogP contribution in [0, 0.1) is 5.92 Å². The van der Waals surface area contributed by atoms with Crippen LogP contribution in [-0.2, 0) is 10.7 Å². The molecule has 1 amide bonds. The molecular weight excluding hydrogens is 452 g/mol. The van der Waals surface area contributed by atoms with E-state index in [0.717, 1.165) is 37.5 Å². The van der Waals surface area contributed by atoms with Crippen LogP contribution in [0.5, 0.6) is 5.75 Å². The Bertz CT molecular complexity index is 1340. The number of amides is 1. The first-order valence-corrected chi connectivity index (χ1v) is 11.6. The predicted molar refractivity (Wildman–Crippen MR) is 127 cm³/mol. The van der Waals surface area contributed by atoms with Crippen molar-refractivity contribution in [1.29, 1.82) is 0 Å². The van der Waals surface area contributed by atoms with Gasteiger partial charge in [0.1, 0.15) is 5.75 Å². The molecule has 1 saturated carbocycles. The Morgan fingerprint density at radius 3 is 2.66 bits per heavy atom. The Balaban J connectivity index is 1.27. The maximum absolute atomic E-state index is 13.8. The van der Waals surface area contributed by atoms with Crippen LogP contribution in [-0.4, -0.2) is 38.6 Å². The third-order valence-corrected chi connectivity index (χ3v) is 5.89. The zero-order valence-corrected chi connectivity index (χ0v) is 19.2. The first kappa shape index (κ1) is 22.9. The predicted octanol–water partition coefficient (Wildman–Crippen LogP) is 4.87. The molecule has 1 N–H and O–H groups in total. The number of aromatic nitrogens is 4. The summed E-state index contributed by atoms with van der Waals surface area (Å²) in [6.07, 6.45) is 7.03. The molecule has 0 saturated heterocycles. The van der Waals surface area contributed by atoms with E-state index in [2.05, 4.69) is 20.4 Å². The van der Waals surface area contributed by atoms with Gasteiger partial charge in [0.25, 0.3) is 5.92 Å². The highest BCUT2D eigenvalue weighted by Crippen LogP contribution is 2.30. The monoisotopic (exact) mass is 477 g/mol.